The Balaban J connectivity index is 2.11. The van der Waals surface area contributed by atoms with E-state index in [-0.39, 0.29) is 12.1 Å². The minimum Gasteiger partial charge on any atom is -0.462 e. The van der Waals surface area contributed by atoms with Gasteiger partial charge in [0, 0.05) is 0 Å². The molecule has 1 aliphatic carbocycles. The van der Waals surface area contributed by atoms with Crippen LogP contribution < -0.4 is 5.73 Å². The van der Waals surface area contributed by atoms with Crippen LogP contribution >= 0.6 is 0 Å². The summed E-state index contributed by atoms with van der Waals surface area (Å²) >= 11 is 0. The third kappa shape index (κ3) is 6.36. The van der Waals surface area contributed by atoms with Crippen LogP contribution in [0.1, 0.15) is 52.4 Å². The molecule has 0 heterocycles. The average molecular weight is 257 g/mol. The first-order chi connectivity index (χ1) is 8.59. The first-order valence-corrected chi connectivity index (χ1v) is 7.13. The van der Waals surface area contributed by atoms with Gasteiger partial charge in [0.1, 0.15) is 12.6 Å². The van der Waals surface area contributed by atoms with Crippen LogP contribution in [0.4, 0.5) is 0 Å². The summed E-state index contributed by atoms with van der Waals surface area (Å²) in [5.41, 5.74) is 5.87. The van der Waals surface area contributed by atoms with Gasteiger partial charge in [-0.2, -0.15) is 0 Å². The van der Waals surface area contributed by atoms with Crippen LogP contribution in [0.25, 0.3) is 0 Å². The average Bonchev–Trinajstić information content (AvgIpc) is 2.35. The zero-order valence-corrected chi connectivity index (χ0v) is 11.7. The van der Waals surface area contributed by atoms with Crippen molar-refractivity contribution in [3.8, 4) is 0 Å². The number of nitrogens with two attached hydrogens (primary N) is 1. The molecule has 1 fully saturated rings. The smallest absolute Gasteiger partial charge is 0.322 e. The lowest BCUT2D eigenvalue weighted by Crippen LogP contribution is -2.35. The summed E-state index contributed by atoms with van der Waals surface area (Å²) in [6.07, 6.45) is 7.21. The predicted octanol–water partition coefficient (Wildman–Crippen LogP) is 2.25. The summed E-state index contributed by atoms with van der Waals surface area (Å²) in [7, 11) is 0. The quantitative estimate of drug-likeness (QED) is 0.561. The van der Waals surface area contributed by atoms with Crippen molar-refractivity contribution in [2.24, 2.45) is 11.7 Å². The fourth-order valence-corrected chi connectivity index (χ4v) is 2.41. The Hall–Kier alpha value is -0.610. The zero-order chi connectivity index (χ0) is 13.4. The molecule has 0 radical (unpaired) electrons. The van der Waals surface area contributed by atoms with Gasteiger partial charge in [0.2, 0.25) is 0 Å². The Bertz CT molecular complexity index is 237. The van der Waals surface area contributed by atoms with Crippen molar-refractivity contribution in [3.05, 3.63) is 0 Å². The predicted molar refractivity (Wildman–Crippen MR) is 71.2 cm³/mol. The van der Waals surface area contributed by atoms with Gasteiger partial charge < -0.3 is 15.2 Å². The van der Waals surface area contributed by atoms with Crippen LogP contribution in [0.3, 0.4) is 0 Å². The standard InChI is InChI=1S/C14H27NO3/c1-11(2)17-8-9-18-14(16)13(15)10-12-6-4-3-5-7-12/h11-13H,3-10,15H2,1-2H3/t13-/m1/s1. The number of ether oxygens (including phenoxy) is 2. The Labute approximate surface area is 110 Å². The van der Waals surface area contributed by atoms with E-state index < -0.39 is 6.04 Å². The van der Waals surface area contributed by atoms with Gasteiger partial charge in [-0.25, -0.2) is 0 Å². The zero-order valence-electron chi connectivity index (χ0n) is 11.7. The molecule has 0 aromatic carbocycles. The van der Waals surface area contributed by atoms with Gasteiger partial charge in [0.15, 0.2) is 0 Å². The molecule has 1 atom stereocenters. The van der Waals surface area contributed by atoms with Crippen molar-refractivity contribution < 1.29 is 14.3 Å². The molecule has 4 heteroatoms. The van der Waals surface area contributed by atoms with E-state index in [4.69, 9.17) is 15.2 Å². The highest BCUT2D eigenvalue weighted by molar-refractivity contribution is 5.75. The summed E-state index contributed by atoms with van der Waals surface area (Å²) in [6.45, 7) is 4.65. The van der Waals surface area contributed by atoms with E-state index in [9.17, 15) is 4.79 Å². The molecule has 0 bridgehead atoms. The maximum absolute atomic E-state index is 11.7. The van der Waals surface area contributed by atoms with Gasteiger partial charge >= 0.3 is 5.97 Å². The second kappa shape index (κ2) is 8.48. The molecule has 0 saturated heterocycles. The number of hydrogen-bond acceptors (Lipinski definition) is 4. The molecule has 18 heavy (non-hydrogen) atoms. The van der Waals surface area contributed by atoms with Gasteiger partial charge in [-0.3, -0.25) is 4.79 Å². The molecule has 1 saturated carbocycles. The van der Waals surface area contributed by atoms with Crippen LogP contribution in [-0.4, -0.2) is 31.3 Å². The SMILES string of the molecule is CC(C)OCCOC(=O)[C@H](N)CC1CCCCC1. The molecule has 0 aromatic rings. The van der Waals surface area contributed by atoms with Crippen LogP contribution in [0.15, 0.2) is 0 Å². The second-order valence-corrected chi connectivity index (χ2v) is 5.43. The highest BCUT2D eigenvalue weighted by Gasteiger charge is 2.22. The number of rotatable bonds is 7. The first-order valence-electron chi connectivity index (χ1n) is 7.13. The molecular weight excluding hydrogens is 230 g/mol. The van der Waals surface area contributed by atoms with E-state index in [0.717, 1.165) is 6.42 Å². The Kier molecular flexibility index (Phi) is 7.28. The van der Waals surface area contributed by atoms with Crippen molar-refractivity contribution in [2.45, 2.75) is 64.5 Å². The summed E-state index contributed by atoms with van der Waals surface area (Å²) in [6, 6.07) is -0.466. The lowest BCUT2D eigenvalue weighted by Gasteiger charge is -2.23. The largest absolute Gasteiger partial charge is 0.462 e. The van der Waals surface area contributed by atoms with Crippen LogP contribution in [0, 0.1) is 5.92 Å². The van der Waals surface area contributed by atoms with Crippen molar-refractivity contribution >= 4 is 5.97 Å². The van der Waals surface area contributed by atoms with Gasteiger partial charge in [0.25, 0.3) is 0 Å². The van der Waals surface area contributed by atoms with Gasteiger partial charge in [-0.05, 0) is 26.2 Å². The van der Waals surface area contributed by atoms with Crippen molar-refractivity contribution in [2.75, 3.05) is 13.2 Å². The van der Waals surface area contributed by atoms with Crippen LogP contribution in [-0.2, 0) is 14.3 Å². The molecule has 2 N–H and O–H groups in total. The van der Waals surface area contributed by atoms with Crippen molar-refractivity contribution in [1.29, 1.82) is 0 Å². The maximum Gasteiger partial charge on any atom is 0.322 e. The summed E-state index contributed by atoms with van der Waals surface area (Å²) in [5.74, 6) is 0.321. The van der Waals surface area contributed by atoms with E-state index in [2.05, 4.69) is 0 Å². The fraction of sp³-hybridized carbons (Fsp3) is 0.929. The van der Waals surface area contributed by atoms with E-state index in [1.807, 2.05) is 13.8 Å². The van der Waals surface area contributed by atoms with E-state index in [0.29, 0.717) is 19.1 Å². The molecule has 106 valence electrons. The highest BCUT2D eigenvalue weighted by atomic mass is 16.6. The highest BCUT2D eigenvalue weighted by Crippen LogP contribution is 2.27. The van der Waals surface area contributed by atoms with Crippen LogP contribution in [0.5, 0.6) is 0 Å². The molecular formula is C14H27NO3. The van der Waals surface area contributed by atoms with Crippen LogP contribution in [0.2, 0.25) is 0 Å². The van der Waals surface area contributed by atoms with Crippen molar-refractivity contribution in [3.63, 3.8) is 0 Å². The van der Waals surface area contributed by atoms with Gasteiger partial charge in [-0.1, -0.05) is 32.1 Å². The summed E-state index contributed by atoms with van der Waals surface area (Å²) in [4.78, 5) is 11.7. The Morgan fingerprint density at radius 3 is 2.50 bits per heavy atom. The first kappa shape index (κ1) is 15.4. The molecule has 0 spiro atoms. The number of carbonyl (C=O) groups is 1. The molecule has 4 nitrogen and oxygen atoms in total. The minimum absolute atomic E-state index is 0.166. The number of esters is 1. The lowest BCUT2D eigenvalue weighted by atomic mass is 9.85. The minimum atomic E-state index is -0.466. The maximum atomic E-state index is 11.7. The van der Waals surface area contributed by atoms with E-state index in [1.54, 1.807) is 0 Å². The van der Waals surface area contributed by atoms with E-state index >= 15 is 0 Å². The third-order valence-corrected chi connectivity index (χ3v) is 3.39. The summed E-state index contributed by atoms with van der Waals surface area (Å²) < 4.78 is 10.4. The Morgan fingerprint density at radius 1 is 1.22 bits per heavy atom. The molecule has 0 aliphatic heterocycles. The van der Waals surface area contributed by atoms with Crippen molar-refractivity contribution in [1.82, 2.24) is 0 Å². The second-order valence-electron chi connectivity index (χ2n) is 5.43. The topological polar surface area (TPSA) is 61.5 Å². The summed E-state index contributed by atoms with van der Waals surface area (Å²) in [5, 5.41) is 0. The molecule has 0 amide bonds. The number of carbonyl (C=O) groups excluding carboxylic acids is 1. The normalized spacial score (nSPS) is 18.9. The molecule has 0 aromatic heterocycles. The lowest BCUT2D eigenvalue weighted by molar-refractivity contribution is -0.147. The molecule has 1 aliphatic rings. The van der Waals surface area contributed by atoms with Gasteiger partial charge in [-0.15, -0.1) is 0 Å². The number of hydrogen-bond donors (Lipinski definition) is 1. The monoisotopic (exact) mass is 257 g/mol. The van der Waals surface area contributed by atoms with E-state index in [1.165, 1.54) is 32.1 Å². The molecule has 0 unspecified atom stereocenters. The fourth-order valence-electron chi connectivity index (χ4n) is 2.41. The van der Waals surface area contributed by atoms with Gasteiger partial charge in [0.05, 0.1) is 12.7 Å². The Morgan fingerprint density at radius 2 is 1.89 bits per heavy atom. The molecule has 1 rings (SSSR count). The third-order valence-electron chi connectivity index (χ3n) is 3.39.